The standard InChI is InChI=1S/C13H16N2O/c1-10-2-5-13(16,6-3-10)12-8-11(9-14)4-7-15-12/h4,7-8,10,16H,2-3,5-6H2,1H3. The second kappa shape index (κ2) is 4.23. The molecule has 16 heavy (non-hydrogen) atoms. The summed E-state index contributed by atoms with van der Waals surface area (Å²) in [5.74, 6) is 0.680. The molecule has 1 aromatic heterocycles. The molecule has 0 unspecified atom stereocenters. The molecule has 0 spiro atoms. The number of aliphatic hydroxyl groups is 1. The Morgan fingerprint density at radius 1 is 1.50 bits per heavy atom. The third-order valence-corrected chi connectivity index (χ3v) is 3.47. The summed E-state index contributed by atoms with van der Waals surface area (Å²) in [4.78, 5) is 4.21. The maximum Gasteiger partial charge on any atom is 0.107 e. The van der Waals surface area contributed by atoms with Gasteiger partial charge < -0.3 is 5.11 Å². The van der Waals surface area contributed by atoms with Gasteiger partial charge in [0.15, 0.2) is 0 Å². The molecule has 1 aromatic rings. The minimum atomic E-state index is -0.820. The van der Waals surface area contributed by atoms with Gasteiger partial charge in [-0.05, 0) is 43.7 Å². The highest BCUT2D eigenvalue weighted by Gasteiger charge is 2.34. The van der Waals surface area contributed by atoms with E-state index in [1.54, 1.807) is 18.3 Å². The van der Waals surface area contributed by atoms with Crippen molar-refractivity contribution in [1.82, 2.24) is 4.98 Å². The second-order valence-corrected chi connectivity index (χ2v) is 4.76. The summed E-state index contributed by atoms with van der Waals surface area (Å²) in [6.07, 6.45) is 5.14. The van der Waals surface area contributed by atoms with Gasteiger partial charge in [-0.1, -0.05) is 6.92 Å². The van der Waals surface area contributed by atoms with Crippen molar-refractivity contribution in [3.05, 3.63) is 29.6 Å². The Kier molecular flexibility index (Phi) is 2.93. The summed E-state index contributed by atoms with van der Waals surface area (Å²) in [7, 11) is 0. The van der Waals surface area contributed by atoms with Gasteiger partial charge in [0.05, 0.1) is 17.3 Å². The van der Waals surface area contributed by atoms with E-state index in [4.69, 9.17) is 5.26 Å². The highest BCUT2D eigenvalue weighted by molar-refractivity contribution is 5.31. The number of nitriles is 1. The topological polar surface area (TPSA) is 56.9 Å². The van der Waals surface area contributed by atoms with Crippen LogP contribution in [0.3, 0.4) is 0 Å². The number of pyridine rings is 1. The van der Waals surface area contributed by atoms with Crippen molar-refractivity contribution in [1.29, 1.82) is 5.26 Å². The molecule has 1 aliphatic carbocycles. The van der Waals surface area contributed by atoms with E-state index in [1.165, 1.54) is 0 Å². The van der Waals surface area contributed by atoms with Crippen molar-refractivity contribution in [2.75, 3.05) is 0 Å². The minimum absolute atomic E-state index is 0.567. The van der Waals surface area contributed by atoms with Crippen molar-refractivity contribution >= 4 is 0 Å². The lowest BCUT2D eigenvalue weighted by Crippen LogP contribution is -2.31. The molecule has 84 valence electrons. The fourth-order valence-electron chi connectivity index (χ4n) is 2.25. The largest absolute Gasteiger partial charge is 0.384 e. The number of rotatable bonds is 1. The fraction of sp³-hybridized carbons (Fsp3) is 0.538. The first-order valence-corrected chi connectivity index (χ1v) is 5.73. The van der Waals surface area contributed by atoms with Gasteiger partial charge in [-0.3, -0.25) is 4.98 Å². The van der Waals surface area contributed by atoms with Crippen molar-refractivity contribution in [3.8, 4) is 6.07 Å². The molecule has 3 nitrogen and oxygen atoms in total. The smallest absolute Gasteiger partial charge is 0.107 e. The van der Waals surface area contributed by atoms with Gasteiger partial charge >= 0.3 is 0 Å². The number of aromatic nitrogens is 1. The van der Waals surface area contributed by atoms with Crippen LogP contribution in [0.5, 0.6) is 0 Å². The molecule has 0 saturated heterocycles. The van der Waals surface area contributed by atoms with Crippen LogP contribution in [-0.4, -0.2) is 10.1 Å². The van der Waals surface area contributed by atoms with Crippen LogP contribution in [0.1, 0.15) is 43.9 Å². The van der Waals surface area contributed by atoms with Crippen LogP contribution in [0.4, 0.5) is 0 Å². The summed E-state index contributed by atoms with van der Waals surface area (Å²) in [5, 5.41) is 19.3. The zero-order valence-electron chi connectivity index (χ0n) is 9.48. The van der Waals surface area contributed by atoms with Gasteiger partial charge in [0, 0.05) is 6.20 Å². The monoisotopic (exact) mass is 216 g/mol. The summed E-state index contributed by atoms with van der Waals surface area (Å²) in [6.45, 7) is 2.21. The maximum absolute atomic E-state index is 10.5. The highest BCUT2D eigenvalue weighted by atomic mass is 16.3. The molecule has 0 aliphatic heterocycles. The van der Waals surface area contributed by atoms with Crippen LogP contribution in [0.25, 0.3) is 0 Å². The van der Waals surface area contributed by atoms with Gasteiger partial charge in [0.25, 0.3) is 0 Å². The van der Waals surface area contributed by atoms with Crippen molar-refractivity contribution < 1.29 is 5.11 Å². The number of hydrogen-bond acceptors (Lipinski definition) is 3. The van der Waals surface area contributed by atoms with Crippen LogP contribution >= 0.6 is 0 Å². The van der Waals surface area contributed by atoms with Crippen LogP contribution in [-0.2, 0) is 5.60 Å². The molecule has 0 aromatic carbocycles. The normalized spacial score (nSPS) is 29.7. The van der Waals surface area contributed by atoms with E-state index in [1.807, 2.05) is 0 Å². The van der Waals surface area contributed by atoms with Gasteiger partial charge in [0.1, 0.15) is 5.60 Å². The Balaban J connectivity index is 2.26. The first-order chi connectivity index (χ1) is 7.64. The van der Waals surface area contributed by atoms with E-state index >= 15 is 0 Å². The van der Waals surface area contributed by atoms with Gasteiger partial charge in [-0.25, -0.2) is 0 Å². The number of nitrogens with zero attached hydrogens (tertiary/aromatic N) is 2. The Hall–Kier alpha value is -1.40. The zero-order valence-corrected chi connectivity index (χ0v) is 9.48. The highest BCUT2D eigenvalue weighted by Crippen LogP contribution is 2.38. The van der Waals surface area contributed by atoms with Crippen molar-refractivity contribution in [3.63, 3.8) is 0 Å². The molecular weight excluding hydrogens is 200 g/mol. The average Bonchev–Trinajstić information content (AvgIpc) is 2.33. The molecule has 2 rings (SSSR count). The Labute approximate surface area is 95.8 Å². The van der Waals surface area contributed by atoms with E-state index in [9.17, 15) is 5.11 Å². The first kappa shape index (κ1) is 11.1. The minimum Gasteiger partial charge on any atom is -0.384 e. The van der Waals surface area contributed by atoms with Gasteiger partial charge in [0.2, 0.25) is 0 Å². The molecule has 1 aliphatic rings. The molecule has 1 N–H and O–H groups in total. The summed E-state index contributed by atoms with van der Waals surface area (Å²) >= 11 is 0. The molecular formula is C13H16N2O. The molecule has 1 fully saturated rings. The SMILES string of the molecule is CC1CCC(O)(c2cc(C#N)ccn2)CC1. The van der Waals surface area contributed by atoms with E-state index in [0.29, 0.717) is 17.2 Å². The third-order valence-electron chi connectivity index (χ3n) is 3.47. The zero-order chi connectivity index (χ0) is 11.6. The van der Waals surface area contributed by atoms with Crippen LogP contribution in [0, 0.1) is 17.2 Å². The van der Waals surface area contributed by atoms with Crippen LogP contribution in [0.2, 0.25) is 0 Å². The molecule has 0 bridgehead atoms. The van der Waals surface area contributed by atoms with E-state index in [-0.39, 0.29) is 0 Å². The van der Waals surface area contributed by atoms with Crippen molar-refractivity contribution in [2.45, 2.75) is 38.2 Å². The van der Waals surface area contributed by atoms with Crippen LogP contribution in [0.15, 0.2) is 18.3 Å². The molecule has 0 amide bonds. The van der Waals surface area contributed by atoms with Gasteiger partial charge in [-0.2, -0.15) is 5.26 Å². The summed E-state index contributed by atoms with van der Waals surface area (Å²) < 4.78 is 0. The van der Waals surface area contributed by atoms with E-state index < -0.39 is 5.60 Å². The summed E-state index contributed by atoms with van der Waals surface area (Å²) in [5.41, 5.74) is 0.398. The van der Waals surface area contributed by atoms with E-state index in [2.05, 4.69) is 18.0 Å². The Morgan fingerprint density at radius 2 is 2.19 bits per heavy atom. The quantitative estimate of drug-likeness (QED) is 0.784. The van der Waals surface area contributed by atoms with Crippen LogP contribution < -0.4 is 0 Å². The van der Waals surface area contributed by atoms with Crippen molar-refractivity contribution in [2.24, 2.45) is 5.92 Å². The number of hydrogen-bond donors (Lipinski definition) is 1. The second-order valence-electron chi connectivity index (χ2n) is 4.76. The lowest BCUT2D eigenvalue weighted by Gasteiger charge is -2.34. The predicted molar refractivity (Wildman–Crippen MR) is 60.5 cm³/mol. The molecule has 0 atom stereocenters. The lowest BCUT2D eigenvalue weighted by molar-refractivity contribution is -0.0158. The molecule has 3 heteroatoms. The predicted octanol–water partition coefficient (Wildman–Crippen LogP) is 2.35. The Bertz CT molecular complexity index is 414. The third kappa shape index (κ3) is 2.07. The fourth-order valence-corrected chi connectivity index (χ4v) is 2.25. The maximum atomic E-state index is 10.5. The Morgan fingerprint density at radius 3 is 2.81 bits per heavy atom. The molecule has 1 heterocycles. The lowest BCUT2D eigenvalue weighted by atomic mass is 9.77. The molecule has 0 radical (unpaired) electrons. The average molecular weight is 216 g/mol. The molecule has 1 saturated carbocycles. The summed E-state index contributed by atoms with van der Waals surface area (Å²) in [6, 6.07) is 5.45. The van der Waals surface area contributed by atoms with Gasteiger partial charge in [-0.15, -0.1) is 0 Å². The first-order valence-electron chi connectivity index (χ1n) is 5.73. The van der Waals surface area contributed by atoms with E-state index in [0.717, 1.165) is 25.7 Å².